The lowest BCUT2D eigenvalue weighted by Crippen LogP contribution is -2.16. The Morgan fingerprint density at radius 2 is 0.825 bits per heavy atom. The molecule has 0 atom stereocenters. The molecule has 9 aromatic carbocycles. The van der Waals surface area contributed by atoms with Crippen molar-refractivity contribution in [1.29, 1.82) is 0 Å². The van der Waals surface area contributed by atoms with Crippen LogP contribution >= 0.6 is 0 Å². The maximum absolute atomic E-state index is 2.48. The van der Waals surface area contributed by atoms with Gasteiger partial charge in [0.2, 0.25) is 0 Å². The average molecular weight is 736 g/mol. The van der Waals surface area contributed by atoms with Gasteiger partial charge in [-0.3, -0.25) is 0 Å². The summed E-state index contributed by atoms with van der Waals surface area (Å²) < 4.78 is 0. The molecule has 0 saturated carbocycles. The van der Waals surface area contributed by atoms with Gasteiger partial charge in [-0.05, 0) is 101 Å². The van der Waals surface area contributed by atoms with Gasteiger partial charge in [0.15, 0.2) is 0 Å². The summed E-state index contributed by atoms with van der Waals surface area (Å²) in [5.74, 6) is 0. The Hall–Kier alpha value is -6.44. The molecule has 0 spiro atoms. The Labute approximate surface area is 337 Å². The van der Waals surface area contributed by atoms with Gasteiger partial charge in [0, 0.05) is 16.6 Å². The van der Waals surface area contributed by atoms with E-state index < -0.39 is 0 Å². The molecule has 0 aromatic heterocycles. The quantitative estimate of drug-likeness (QED) is 0.164. The Morgan fingerprint density at radius 3 is 1.53 bits per heavy atom. The summed E-state index contributed by atoms with van der Waals surface area (Å²) in [6, 6.07) is 69.6. The van der Waals surface area contributed by atoms with Crippen LogP contribution in [0.1, 0.15) is 52.7 Å². The van der Waals surface area contributed by atoms with Gasteiger partial charge in [0.25, 0.3) is 0 Å². The van der Waals surface area contributed by atoms with Crippen molar-refractivity contribution in [3.8, 4) is 33.4 Å². The summed E-state index contributed by atoms with van der Waals surface area (Å²) in [6.45, 7) is 13.9. The van der Waals surface area contributed by atoms with Gasteiger partial charge >= 0.3 is 0 Å². The highest BCUT2D eigenvalue weighted by atomic mass is 15.1. The normalized spacial score (nSPS) is 12.0. The van der Waals surface area contributed by atoms with E-state index in [1.54, 1.807) is 0 Å². The van der Waals surface area contributed by atoms with Crippen LogP contribution in [0.3, 0.4) is 0 Å². The van der Waals surface area contributed by atoms with Crippen molar-refractivity contribution in [2.45, 2.75) is 52.4 Å². The van der Waals surface area contributed by atoms with E-state index in [4.69, 9.17) is 0 Å². The summed E-state index contributed by atoms with van der Waals surface area (Å²) in [6.07, 6.45) is 0. The summed E-state index contributed by atoms with van der Waals surface area (Å²) in [5.41, 5.74) is 13.4. The second-order valence-electron chi connectivity index (χ2n) is 17.4. The van der Waals surface area contributed by atoms with Crippen LogP contribution in [0.15, 0.2) is 188 Å². The Bertz CT molecular complexity index is 2890. The Morgan fingerprint density at radius 1 is 0.333 bits per heavy atom. The number of hydrogen-bond acceptors (Lipinski definition) is 1. The predicted molar refractivity (Wildman–Crippen MR) is 247 cm³/mol. The fraction of sp³-hybridized carbons (Fsp3) is 0.143. The van der Waals surface area contributed by atoms with E-state index in [0.717, 1.165) is 17.1 Å². The predicted octanol–water partition coefficient (Wildman–Crippen LogP) is 16.2. The van der Waals surface area contributed by atoms with Crippen molar-refractivity contribution in [3.63, 3.8) is 0 Å². The fourth-order valence-electron chi connectivity index (χ4n) is 8.45. The summed E-state index contributed by atoms with van der Waals surface area (Å²) >= 11 is 0. The van der Waals surface area contributed by atoms with E-state index in [1.807, 2.05) is 0 Å². The zero-order valence-electron chi connectivity index (χ0n) is 33.8. The zero-order chi connectivity index (χ0) is 39.3. The number of rotatable bonds is 6. The third-order valence-corrected chi connectivity index (χ3v) is 11.5. The third kappa shape index (κ3) is 6.78. The second kappa shape index (κ2) is 14.3. The van der Waals surface area contributed by atoms with Gasteiger partial charge in [-0.25, -0.2) is 0 Å². The van der Waals surface area contributed by atoms with Crippen LogP contribution < -0.4 is 4.90 Å². The number of fused-ring (bicyclic) bond motifs is 3. The van der Waals surface area contributed by atoms with E-state index >= 15 is 0 Å². The molecule has 0 saturated heterocycles. The van der Waals surface area contributed by atoms with E-state index in [0.29, 0.717) is 0 Å². The SMILES string of the molecule is CC(C)(C)c1cc(-c2cccc3cccc(-c4ccccc4N(c4cccc(-c5cccc6ccccc56)c4)c4cccc5ccccc45)c23)cc(C(C)(C)C)c1. The fourth-order valence-corrected chi connectivity index (χ4v) is 8.45. The number of anilines is 3. The molecular formula is C56H49N. The molecule has 0 heterocycles. The monoisotopic (exact) mass is 735 g/mol. The van der Waals surface area contributed by atoms with E-state index in [9.17, 15) is 0 Å². The highest BCUT2D eigenvalue weighted by Gasteiger charge is 2.24. The molecule has 9 rings (SSSR count). The van der Waals surface area contributed by atoms with Gasteiger partial charge in [0.1, 0.15) is 0 Å². The van der Waals surface area contributed by atoms with Crippen LogP contribution in [0, 0.1) is 0 Å². The first kappa shape index (κ1) is 36.2. The maximum atomic E-state index is 2.48. The van der Waals surface area contributed by atoms with E-state index in [1.165, 1.54) is 76.8 Å². The van der Waals surface area contributed by atoms with Gasteiger partial charge in [-0.2, -0.15) is 0 Å². The van der Waals surface area contributed by atoms with Crippen LogP contribution in [0.25, 0.3) is 65.7 Å². The van der Waals surface area contributed by atoms with Gasteiger partial charge in [-0.1, -0.05) is 205 Å². The van der Waals surface area contributed by atoms with Crippen molar-refractivity contribution in [2.75, 3.05) is 4.90 Å². The molecule has 0 N–H and O–H groups in total. The molecule has 1 heteroatoms. The molecule has 0 aliphatic rings. The molecular weight excluding hydrogens is 687 g/mol. The second-order valence-corrected chi connectivity index (χ2v) is 17.4. The molecule has 278 valence electrons. The van der Waals surface area contributed by atoms with Crippen LogP contribution in [0.4, 0.5) is 17.1 Å². The largest absolute Gasteiger partial charge is 0.309 e. The maximum Gasteiger partial charge on any atom is 0.0540 e. The van der Waals surface area contributed by atoms with Crippen molar-refractivity contribution < 1.29 is 0 Å². The Balaban J connectivity index is 1.31. The Kier molecular flexibility index (Phi) is 9.05. The molecule has 0 aliphatic carbocycles. The number of para-hydroxylation sites is 1. The highest BCUT2D eigenvalue weighted by molar-refractivity contribution is 6.10. The topological polar surface area (TPSA) is 3.24 Å². The lowest BCUT2D eigenvalue weighted by Gasteiger charge is -2.30. The minimum Gasteiger partial charge on any atom is -0.309 e. The van der Waals surface area contributed by atoms with Crippen LogP contribution in [-0.4, -0.2) is 0 Å². The van der Waals surface area contributed by atoms with Crippen LogP contribution in [0.5, 0.6) is 0 Å². The van der Waals surface area contributed by atoms with Crippen LogP contribution in [0.2, 0.25) is 0 Å². The van der Waals surface area contributed by atoms with Crippen molar-refractivity contribution in [2.24, 2.45) is 0 Å². The van der Waals surface area contributed by atoms with Gasteiger partial charge < -0.3 is 4.90 Å². The van der Waals surface area contributed by atoms with Crippen LogP contribution in [-0.2, 0) is 10.8 Å². The third-order valence-electron chi connectivity index (χ3n) is 11.5. The minimum absolute atomic E-state index is 0.00948. The molecule has 0 fully saturated rings. The first-order valence-corrected chi connectivity index (χ1v) is 20.2. The summed E-state index contributed by atoms with van der Waals surface area (Å²) in [5, 5.41) is 7.41. The lowest BCUT2D eigenvalue weighted by atomic mass is 9.78. The molecule has 0 amide bonds. The summed E-state index contributed by atoms with van der Waals surface area (Å²) in [7, 11) is 0. The number of benzene rings is 9. The number of nitrogens with zero attached hydrogens (tertiary/aromatic N) is 1. The minimum atomic E-state index is 0.00948. The van der Waals surface area contributed by atoms with Crippen molar-refractivity contribution in [3.05, 3.63) is 199 Å². The highest BCUT2D eigenvalue weighted by Crippen LogP contribution is 2.47. The van der Waals surface area contributed by atoms with Crippen molar-refractivity contribution >= 4 is 49.4 Å². The number of hydrogen-bond donors (Lipinski definition) is 0. The lowest BCUT2D eigenvalue weighted by molar-refractivity contribution is 0.569. The molecule has 9 aromatic rings. The van der Waals surface area contributed by atoms with Gasteiger partial charge in [0.05, 0.1) is 11.4 Å². The van der Waals surface area contributed by atoms with E-state index in [2.05, 4.69) is 234 Å². The zero-order valence-corrected chi connectivity index (χ0v) is 33.8. The smallest absolute Gasteiger partial charge is 0.0540 e. The summed E-state index contributed by atoms with van der Waals surface area (Å²) in [4.78, 5) is 2.48. The molecule has 1 nitrogen and oxygen atoms in total. The molecule has 57 heavy (non-hydrogen) atoms. The molecule has 0 unspecified atom stereocenters. The standard InChI is InChI=1S/C56H49N/c1-55(2,3)43-34-42(35-44(37-43)56(4,5)6)49-30-15-22-40-23-16-31-51(54(40)49)50-28-11-12-32-53(50)57(52-33-17-21-39-19-8-10-27-48(39)52)45-25-13-24-41(36-45)47-29-14-20-38-18-7-9-26-46(38)47/h7-37H,1-6H3. The first-order chi connectivity index (χ1) is 27.5. The van der Waals surface area contributed by atoms with Crippen molar-refractivity contribution in [1.82, 2.24) is 0 Å². The van der Waals surface area contributed by atoms with E-state index in [-0.39, 0.29) is 10.8 Å². The molecule has 0 aliphatic heterocycles. The average Bonchev–Trinajstić information content (AvgIpc) is 3.23. The first-order valence-electron chi connectivity index (χ1n) is 20.2. The molecule has 0 bridgehead atoms. The molecule has 0 radical (unpaired) electrons. The van der Waals surface area contributed by atoms with Gasteiger partial charge in [-0.15, -0.1) is 0 Å².